The third kappa shape index (κ3) is 3.46. The van der Waals surface area contributed by atoms with Gasteiger partial charge in [-0.3, -0.25) is 4.79 Å². The zero-order chi connectivity index (χ0) is 14.0. The molecule has 0 bridgehead atoms. The average Bonchev–Trinajstić information content (AvgIpc) is 2.38. The molecule has 0 saturated carbocycles. The fourth-order valence-electron chi connectivity index (χ4n) is 1.46. The summed E-state index contributed by atoms with van der Waals surface area (Å²) in [5.41, 5.74) is 0.495. The first-order chi connectivity index (χ1) is 8.99. The number of carbonyl (C=O) groups is 1. The van der Waals surface area contributed by atoms with Gasteiger partial charge >= 0.3 is 0 Å². The van der Waals surface area contributed by atoms with Gasteiger partial charge in [0.2, 0.25) is 0 Å². The Bertz CT molecular complexity index is 651. The van der Waals surface area contributed by atoms with Crippen molar-refractivity contribution in [1.82, 2.24) is 0 Å². The molecule has 0 saturated heterocycles. The molecule has 98 valence electrons. The Labute approximate surface area is 136 Å². The van der Waals surface area contributed by atoms with Gasteiger partial charge in [0, 0.05) is 8.04 Å². The highest BCUT2D eigenvalue weighted by Gasteiger charge is 2.14. The molecule has 0 fully saturated rings. The zero-order valence-corrected chi connectivity index (χ0v) is 13.9. The highest BCUT2D eigenvalue weighted by molar-refractivity contribution is 14.1. The van der Waals surface area contributed by atoms with E-state index in [-0.39, 0.29) is 10.7 Å². The Morgan fingerprint density at radius 2 is 2.05 bits per heavy atom. The lowest BCUT2D eigenvalue weighted by atomic mass is 10.2. The highest BCUT2D eigenvalue weighted by atomic mass is 127. The Morgan fingerprint density at radius 3 is 2.79 bits per heavy atom. The van der Waals surface area contributed by atoms with E-state index >= 15 is 0 Å². The van der Waals surface area contributed by atoms with Crippen molar-refractivity contribution in [2.75, 3.05) is 5.32 Å². The summed E-state index contributed by atoms with van der Waals surface area (Å²) in [5, 5.41) is 2.48. The second-order valence-corrected chi connectivity index (χ2v) is 6.19. The van der Waals surface area contributed by atoms with E-state index < -0.39 is 11.7 Å². The van der Waals surface area contributed by atoms with Gasteiger partial charge in [-0.2, -0.15) is 0 Å². The number of halogens is 4. The fraction of sp³-hybridized carbons (Fsp3) is 0. The van der Waals surface area contributed by atoms with Crippen LogP contribution in [0.1, 0.15) is 10.4 Å². The lowest BCUT2D eigenvalue weighted by Crippen LogP contribution is -2.14. The molecule has 0 unspecified atom stereocenters. The van der Waals surface area contributed by atoms with Gasteiger partial charge in [0.25, 0.3) is 5.91 Å². The first-order valence-corrected chi connectivity index (χ1v) is 7.44. The van der Waals surface area contributed by atoms with Crippen LogP contribution in [0.5, 0.6) is 0 Å². The van der Waals surface area contributed by atoms with E-state index in [1.54, 1.807) is 18.2 Å². The SMILES string of the molecule is O=C(Nc1cccc(Cl)c1F)c1cc(I)ccc1Br. The maximum absolute atomic E-state index is 13.7. The summed E-state index contributed by atoms with van der Waals surface area (Å²) in [6, 6.07) is 9.80. The molecular weight excluding hydrogens is 447 g/mol. The Balaban J connectivity index is 2.31. The van der Waals surface area contributed by atoms with Gasteiger partial charge in [0.05, 0.1) is 16.3 Å². The summed E-state index contributed by atoms with van der Waals surface area (Å²) in [6.45, 7) is 0. The number of nitrogens with one attached hydrogen (secondary N) is 1. The second-order valence-electron chi connectivity index (χ2n) is 3.68. The van der Waals surface area contributed by atoms with Crippen molar-refractivity contribution < 1.29 is 9.18 Å². The second kappa shape index (κ2) is 6.19. The third-order valence-electron chi connectivity index (χ3n) is 2.37. The lowest BCUT2D eigenvalue weighted by molar-refractivity contribution is 0.102. The number of hydrogen-bond acceptors (Lipinski definition) is 1. The van der Waals surface area contributed by atoms with Crippen LogP contribution in [0.3, 0.4) is 0 Å². The average molecular weight is 454 g/mol. The molecule has 2 nitrogen and oxygen atoms in total. The van der Waals surface area contributed by atoms with Crippen LogP contribution in [0.2, 0.25) is 5.02 Å². The maximum atomic E-state index is 13.7. The molecule has 0 aliphatic carbocycles. The Hall–Kier alpha value is -0.660. The quantitative estimate of drug-likeness (QED) is 0.629. The van der Waals surface area contributed by atoms with Crippen molar-refractivity contribution in [3.8, 4) is 0 Å². The van der Waals surface area contributed by atoms with Gasteiger partial charge < -0.3 is 5.32 Å². The number of hydrogen-bond donors (Lipinski definition) is 1. The molecule has 1 amide bonds. The molecule has 0 atom stereocenters. The van der Waals surface area contributed by atoms with Crippen molar-refractivity contribution in [2.24, 2.45) is 0 Å². The smallest absolute Gasteiger partial charge is 0.256 e. The van der Waals surface area contributed by atoms with Gasteiger partial charge in [-0.05, 0) is 68.9 Å². The van der Waals surface area contributed by atoms with Crippen molar-refractivity contribution in [3.63, 3.8) is 0 Å². The Morgan fingerprint density at radius 1 is 1.32 bits per heavy atom. The summed E-state index contributed by atoms with van der Waals surface area (Å²) in [4.78, 5) is 12.1. The molecule has 0 aromatic heterocycles. The molecule has 2 aromatic rings. The summed E-state index contributed by atoms with van der Waals surface area (Å²) < 4.78 is 15.3. The van der Waals surface area contributed by atoms with Crippen LogP contribution in [-0.4, -0.2) is 5.91 Å². The minimum atomic E-state index is -0.640. The van der Waals surface area contributed by atoms with E-state index in [0.29, 0.717) is 10.0 Å². The van der Waals surface area contributed by atoms with E-state index in [1.807, 2.05) is 6.07 Å². The van der Waals surface area contributed by atoms with E-state index in [0.717, 1.165) is 3.57 Å². The number of benzene rings is 2. The van der Waals surface area contributed by atoms with Crippen LogP contribution in [0.25, 0.3) is 0 Å². The molecule has 6 heteroatoms. The molecule has 2 aromatic carbocycles. The molecular formula is C13H7BrClFINO. The summed E-state index contributed by atoms with van der Waals surface area (Å²) in [7, 11) is 0. The van der Waals surface area contributed by atoms with Crippen LogP contribution >= 0.6 is 50.1 Å². The van der Waals surface area contributed by atoms with Crippen LogP contribution < -0.4 is 5.32 Å². The molecule has 1 N–H and O–H groups in total. The van der Waals surface area contributed by atoms with Crippen LogP contribution in [0.15, 0.2) is 40.9 Å². The summed E-state index contributed by atoms with van der Waals surface area (Å²) in [6.07, 6.45) is 0. The summed E-state index contributed by atoms with van der Waals surface area (Å²) in [5.74, 6) is -1.04. The zero-order valence-electron chi connectivity index (χ0n) is 9.38. The first kappa shape index (κ1) is 14.7. The van der Waals surface area contributed by atoms with Crippen molar-refractivity contribution in [2.45, 2.75) is 0 Å². The van der Waals surface area contributed by atoms with Crippen LogP contribution in [0.4, 0.5) is 10.1 Å². The van der Waals surface area contributed by atoms with E-state index in [1.165, 1.54) is 12.1 Å². The molecule has 0 heterocycles. The molecule has 2 rings (SSSR count). The normalized spacial score (nSPS) is 10.3. The molecule has 0 aliphatic rings. The topological polar surface area (TPSA) is 29.1 Å². The lowest BCUT2D eigenvalue weighted by Gasteiger charge is -2.09. The van der Waals surface area contributed by atoms with Crippen molar-refractivity contribution >= 4 is 61.7 Å². The van der Waals surface area contributed by atoms with Gasteiger partial charge in [0.15, 0.2) is 5.82 Å². The number of anilines is 1. The fourth-order valence-corrected chi connectivity index (χ4v) is 2.55. The standard InChI is InChI=1S/C13H7BrClFINO/c14-9-5-4-7(17)6-8(9)13(19)18-11-3-1-2-10(15)12(11)16/h1-6H,(H,18,19). The minimum Gasteiger partial charge on any atom is -0.319 e. The van der Waals surface area contributed by atoms with Crippen molar-refractivity contribution in [1.29, 1.82) is 0 Å². The number of amides is 1. The van der Waals surface area contributed by atoms with E-state index in [2.05, 4.69) is 43.8 Å². The third-order valence-corrected chi connectivity index (χ3v) is 4.03. The Kier molecular flexibility index (Phi) is 4.81. The number of carbonyl (C=O) groups excluding carboxylic acids is 1. The van der Waals surface area contributed by atoms with Gasteiger partial charge in [-0.15, -0.1) is 0 Å². The monoisotopic (exact) mass is 453 g/mol. The molecule has 0 spiro atoms. The molecule has 19 heavy (non-hydrogen) atoms. The minimum absolute atomic E-state index is 0.0282. The molecule has 0 aliphatic heterocycles. The number of rotatable bonds is 2. The predicted molar refractivity (Wildman–Crippen MR) is 86.2 cm³/mol. The van der Waals surface area contributed by atoms with Gasteiger partial charge in [-0.25, -0.2) is 4.39 Å². The van der Waals surface area contributed by atoms with Gasteiger partial charge in [-0.1, -0.05) is 17.7 Å². The summed E-state index contributed by atoms with van der Waals surface area (Å²) >= 11 is 11.1. The highest BCUT2D eigenvalue weighted by Crippen LogP contribution is 2.24. The van der Waals surface area contributed by atoms with Crippen LogP contribution in [-0.2, 0) is 0 Å². The van der Waals surface area contributed by atoms with E-state index in [4.69, 9.17) is 11.6 Å². The van der Waals surface area contributed by atoms with Crippen LogP contribution in [0, 0.1) is 9.39 Å². The largest absolute Gasteiger partial charge is 0.319 e. The maximum Gasteiger partial charge on any atom is 0.256 e. The van der Waals surface area contributed by atoms with E-state index in [9.17, 15) is 9.18 Å². The predicted octanol–water partition coefficient (Wildman–Crippen LogP) is 5.10. The van der Waals surface area contributed by atoms with Gasteiger partial charge in [0.1, 0.15) is 0 Å². The van der Waals surface area contributed by atoms with Crippen molar-refractivity contribution in [3.05, 3.63) is 60.8 Å². The first-order valence-electron chi connectivity index (χ1n) is 5.19. The molecule has 0 radical (unpaired) electrons.